The van der Waals surface area contributed by atoms with Gasteiger partial charge in [0, 0.05) is 0 Å². The quantitative estimate of drug-likeness (QED) is 0.330. The normalized spacial score (nSPS) is 13.9. The lowest BCUT2D eigenvalue weighted by molar-refractivity contribution is -0.873. The number of rotatable bonds is 8. The zero-order valence-corrected chi connectivity index (χ0v) is 20.9. The molecule has 0 saturated carbocycles. The van der Waals surface area contributed by atoms with Crippen LogP contribution in [0.1, 0.15) is 52.7 Å². The highest BCUT2D eigenvalue weighted by atomic mass is 127. The van der Waals surface area contributed by atoms with Crippen molar-refractivity contribution in [2.24, 2.45) is 0 Å². The Morgan fingerprint density at radius 2 is 1.56 bits per heavy atom. The maximum atomic E-state index is 9.98. The third-order valence-electron chi connectivity index (χ3n) is 4.21. The van der Waals surface area contributed by atoms with Crippen LogP contribution in [0.15, 0.2) is 18.2 Å². The van der Waals surface area contributed by atoms with Gasteiger partial charge in [-0.15, -0.1) is 0 Å². The van der Waals surface area contributed by atoms with Gasteiger partial charge in [0.15, 0.2) is 0 Å². The molecule has 0 radical (unpaired) electrons. The summed E-state index contributed by atoms with van der Waals surface area (Å²) in [6.07, 6.45) is -0.453. The summed E-state index contributed by atoms with van der Waals surface area (Å²) in [5.41, 5.74) is 2.66. The number of hydrogen-bond donors (Lipinski definition) is 1. The second kappa shape index (κ2) is 10.4. The van der Waals surface area contributed by atoms with Crippen molar-refractivity contribution in [3.05, 3.63) is 29.3 Å². The van der Waals surface area contributed by atoms with E-state index in [0.29, 0.717) is 26.4 Å². The topological polar surface area (TPSA) is 38.7 Å². The van der Waals surface area contributed by atoms with Gasteiger partial charge in [-0.2, -0.15) is 0 Å². The summed E-state index contributed by atoms with van der Waals surface area (Å²) < 4.78 is 12.3. The van der Waals surface area contributed by atoms with E-state index in [1.54, 1.807) is 0 Å². The molecule has 27 heavy (non-hydrogen) atoms. The SMILES string of the molecule is CC(C)(C)c1ccc(OCCOCC(O)C[N+](C)(C)C)c(C(C)(C)C)c1.[I-]. The third-order valence-corrected chi connectivity index (χ3v) is 4.21. The highest BCUT2D eigenvalue weighted by Gasteiger charge is 2.23. The molecule has 5 heteroatoms. The molecule has 1 atom stereocenters. The minimum atomic E-state index is -0.453. The zero-order chi connectivity index (χ0) is 20.2. The summed E-state index contributed by atoms with van der Waals surface area (Å²) in [6, 6.07) is 6.49. The maximum absolute atomic E-state index is 9.98. The number of ether oxygens (including phenoxy) is 2. The number of aliphatic hydroxyl groups excluding tert-OH is 1. The van der Waals surface area contributed by atoms with Crippen LogP contribution in [-0.4, -0.2) is 63.2 Å². The largest absolute Gasteiger partial charge is 1.00 e. The fraction of sp³-hybridized carbons (Fsp3) is 0.727. The monoisotopic (exact) mass is 493 g/mol. The molecule has 0 spiro atoms. The van der Waals surface area contributed by atoms with E-state index in [1.165, 1.54) is 11.1 Å². The first-order chi connectivity index (χ1) is 11.7. The highest BCUT2D eigenvalue weighted by molar-refractivity contribution is 5.43. The Morgan fingerprint density at radius 1 is 0.963 bits per heavy atom. The van der Waals surface area contributed by atoms with Crippen LogP contribution in [0.2, 0.25) is 0 Å². The van der Waals surface area contributed by atoms with Gasteiger partial charge in [0.05, 0.1) is 34.4 Å². The minimum absolute atomic E-state index is 0. The van der Waals surface area contributed by atoms with E-state index in [4.69, 9.17) is 9.47 Å². The zero-order valence-electron chi connectivity index (χ0n) is 18.7. The molecule has 1 unspecified atom stereocenters. The molecular formula is C22H40INO3. The fourth-order valence-electron chi connectivity index (χ4n) is 2.82. The molecule has 158 valence electrons. The van der Waals surface area contributed by atoms with Gasteiger partial charge >= 0.3 is 0 Å². The van der Waals surface area contributed by atoms with Crippen LogP contribution in [0.25, 0.3) is 0 Å². The third kappa shape index (κ3) is 10.1. The van der Waals surface area contributed by atoms with Crippen LogP contribution in [0.5, 0.6) is 5.75 Å². The van der Waals surface area contributed by atoms with Crippen molar-refractivity contribution >= 4 is 0 Å². The number of benzene rings is 1. The number of aliphatic hydroxyl groups is 1. The number of hydrogen-bond acceptors (Lipinski definition) is 3. The first-order valence-electron chi connectivity index (χ1n) is 9.54. The van der Waals surface area contributed by atoms with Gasteiger partial charge in [0.1, 0.15) is 25.0 Å². The smallest absolute Gasteiger partial charge is 0.126 e. The lowest BCUT2D eigenvalue weighted by atomic mass is 9.80. The van der Waals surface area contributed by atoms with E-state index in [0.717, 1.165) is 10.2 Å². The Hall–Kier alpha value is -0.370. The average molecular weight is 493 g/mol. The van der Waals surface area contributed by atoms with E-state index < -0.39 is 6.10 Å². The lowest BCUT2D eigenvalue weighted by Crippen LogP contribution is -3.00. The van der Waals surface area contributed by atoms with Gasteiger partial charge in [-0.3, -0.25) is 0 Å². The summed E-state index contributed by atoms with van der Waals surface area (Å²) in [5, 5.41) is 9.98. The van der Waals surface area contributed by atoms with Crippen molar-refractivity contribution in [1.29, 1.82) is 0 Å². The van der Waals surface area contributed by atoms with Crippen LogP contribution in [0, 0.1) is 0 Å². The summed E-state index contributed by atoms with van der Waals surface area (Å²) in [7, 11) is 6.17. The van der Waals surface area contributed by atoms with Crippen LogP contribution in [0.4, 0.5) is 0 Å². The summed E-state index contributed by atoms with van der Waals surface area (Å²) in [6.45, 7) is 15.3. The fourth-order valence-corrected chi connectivity index (χ4v) is 2.82. The molecule has 0 aliphatic heterocycles. The van der Waals surface area contributed by atoms with Crippen molar-refractivity contribution in [1.82, 2.24) is 0 Å². The molecule has 0 aliphatic rings. The lowest BCUT2D eigenvalue weighted by Gasteiger charge is -2.27. The van der Waals surface area contributed by atoms with Crippen molar-refractivity contribution in [2.45, 2.75) is 58.5 Å². The molecule has 0 heterocycles. The molecule has 0 aliphatic carbocycles. The summed E-state index contributed by atoms with van der Waals surface area (Å²) >= 11 is 0. The van der Waals surface area contributed by atoms with Crippen molar-refractivity contribution in [3.8, 4) is 5.75 Å². The van der Waals surface area contributed by atoms with Crippen molar-refractivity contribution in [2.75, 3.05) is 47.5 Å². The molecule has 1 rings (SSSR count). The Kier molecular flexibility index (Phi) is 10.3. The molecule has 0 aromatic heterocycles. The van der Waals surface area contributed by atoms with Gasteiger partial charge in [0.25, 0.3) is 0 Å². The molecule has 1 aromatic rings. The first kappa shape index (κ1) is 26.6. The minimum Gasteiger partial charge on any atom is -1.00 e. The van der Waals surface area contributed by atoms with Crippen LogP contribution < -0.4 is 28.7 Å². The second-order valence-corrected chi connectivity index (χ2v) is 10.3. The number of likely N-dealkylation sites (N-methyl/N-ethyl adjacent to an activating group) is 1. The number of quaternary nitrogens is 1. The molecule has 1 aromatic carbocycles. The van der Waals surface area contributed by atoms with Gasteiger partial charge in [-0.25, -0.2) is 0 Å². The first-order valence-corrected chi connectivity index (χ1v) is 9.54. The Labute approximate surface area is 183 Å². The van der Waals surface area contributed by atoms with E-state index in [1.807, 2.05) is 0 Å². The predicted molar refractivity (Wildman–Crippen MR) is 109 cm³/mol. The molecule has 0 fully saturated rings. The highest BCUT2D eigenvalue weighted by Crippen LogP contribution is 2.35. The van der Waals surface area contributed by atoms with E-state index in [-0.39, 0.29) is 34.8 Å². The van der Waals surface area contributed by atoms with E-state index >= 15 is 0 Å². The molecule has 0 saturated heterocycles. The van der Waals surface area contributed by atoms with Gasteiger partial charge in [-0.05, 0) is 28.0 Å². The Morgan fingerprint density at radius 3 is 2.04 bits per heavy atom. The van der Waals surface area contributed by atoms with Crippen molar-refractivity contribution in [3.63, 3.8) is 0 Å². The number of nitrogens with zero attached hydrogens (tertiary/aromatic N) is 1. The molecule has 0 amide bonds. The Bertz CT molecular complexity index is 568. The van der Waals surface area contributed by atoms with Crippen LogP contribution >= 0.6 is 0 Å². The molecular weight excluding hydrogens is 453 g/mol. The summed E-state index contributed by atoms with van der Waals surface area (Å²) in [4.78, 5) is 0. The molecule has 0 bridgehead atoms. The van der Waals surface area contributed by atoms with E-state index in [2.05, 4.69) is 80.9 Å². The van der Waals surface area contributed by atoms with Crippen molar-refractivity contribution < 1.29 is 43.0 Å². The average Bonchev–Trinajstić information content (AvgIpc) is 2.42. The van der Waals surface area contributed by atoms with Gasteiger partial charge in [0.2, 0.25) is 0 Å². The standard InChI is InChI=1S/C22H40NO3.HI/c1-21(2,3)17-10-11-20(19(14-17)22(4,5)6)26-13-12-25-16-18(24)15-23(7,8)9;/h10-11,14,18,24H,12-13,15-16H2,1-9H3;1H/q+1;/p-1. The number of halogens is 1. The van der Waals surface area contributed by atoms with Gasteiger partial charge in [-0.1, -0.05) is 53.7 Å². The molecule has 1 N–H and O–H groups in total. The Balaban J connectivity index is 0.00000676. The summed E-state index contributed by atoms with van der Waals surface area (Å²) in [5.74, 6) is 0.918. The molecule has 4 nitrogen and oxygen atoms in total. The van der Waals surface area contributed by atoms with E-state index in [9.17, 15) is 5.11 Å². The van der Waals surface area contributed by atoms with Crippen LogP contribution in [-0.2, 0) is 15.6 Å². The maximum Gasteiger partial charge on any atom is 0.126 e. The predicted octanol–water partition coefficient (Wildman–Crippen LogP) is 0.748. The van der Waals surface area contributed by atoms with Crippen LogP contribution in [0.3, 0.4) is 0 Å². The van der Waals surface area contributed by atoms with Gasteiger partial charge < -0.3 is 43.0 Å². The second-order valence-electron chi connectivity index (χ2n) is 10.3.